The van der Waals surface area contributed by atoms with E-state index in [9.17, 15) is 4.79 Å². The van der Waals surface area contributed by atoms with Gasteiger partial charge in [0.15, 0.2) is 6.29 Å². The minimum Gasteiger partial charge on any atom is -0.370 e. The quantitative estimate of drug-likeness (QED) is 0.649. The number of anilines is 1. The molecule has 0 saturated carbocycles. The third-order valence-corrected chi connectivity index (χ3v) is 3.94. The maximum atomic E-state index is 11.2. The third kappa shape index (κ3) is 4.50. The van der Waals surface area contributed by atoms with Crippen LogP contribution in [-0.4, -0.2) is 43.9 Å². The molecule has 0 spiro atoms. The molecular weight excluding hydrogens is 272 g/mol. The zero-order chi connectivity index (χ0) is 15.0. The molecule has 0 saturated heterocycles. The number of hydrogen-bond acceptors (Lipinski definition) is 3. The van der Waals surface area contributed by atoms with Gasteiger partial charge in [-0.15, -0.1) is 0 Å². The Morgan fingerprint density at radius 2 is 1.80 bits per heavy atom. The molecule has 1 rings (SSSR count). The topological polar surface area (TPSA) is 23.6 Å². The average molecular weight is 297 g/mol. The predicted octanol–water partition coefficient (Wildman–Crippen LogP) is 3.71. The molecule has 112 valence electrons. The monoisotopic (exact) mass is 296 g/mol. The van der Waals surface area contributed by atoms with E-state index in [-0.39, 0.29) is 0 Å². The van der Waals surface area contributed by atoms with Gasteiger partial charge in [-0.3, -0.25) is 4.79 Å². The van der Waals surface area contributed by atoms with E-state index in [0.717, 1.165) is 51.1 Å². The summed E-state index contributed by atoms with van der Waals surface area (Å²) in [6, 6.07) is 5.48. The molecule has 0 heterocycles. The molecule has 0 amide bonds. The predicted molar refractivity (Wildman–Crippen MR) is 87.1 cm³/mol. The van der Waals surface area contributed by atoms with Crippen LogP contribution < -0.4 is 4.90 Å². The highest BCUT2D eigenvalue weighted by Crippen LogP contribution is 2.29. The molecule has 0 fully saturated rings. The standard InChI is InChI=1S/C16H25ClN2O/c1-4-18(5-2)11-8-12-19(6-3)16-14(13-20)9-7-10-15(16)17/h7,9-10,13H,4-6,8,11-12H2,1-3H3. The van der Waals surface area contributed by atoms with E-state index in [1.54, 1.807) is 0 Å². The van der Waals surface area contributed by atoms with E-state index in [2.05, 4.69) is 30.6 Å². The lowest BCUT2D eigenvalue weighted by Crippen LogP contribution is -2.30. The first-order chi connectivity index (χ1) is 9.67. The van der Waals surface area contributed by atoms with E-state index in [0.29, 0.717) is 10.6 Å². The van der Waals surface area contributed by atoms with E-state index in [4.69, 9.17) is 11.6 Å². The lowest BCUT2D eigenvalue weighted by molar-refractivity contribution is 0.112. The van der Waals surface area contributed by atoms with Gasteiger partial charge in [0, 0.05) is 18.7 Å². The van der Waals surface area contributed by atoms with Crippen LogP contribution in [-0.2, 0) is 0 Å². The van der Waals surface area contributed by atoms with Crippen LogP contribution in [0.15, 0.2) is 18.2 Å². The zero-order valence-corrected chi connectivity index (χ0v) is 13.5. The number of halogens is 1. The molecule has 0 aliphatic carbocycles. The van der Waals surface area contributed by atoms with Crippen LogP contribution in [0.25, 0.3) is 0 Å². The van der Waals surface area contributed by atoms with Gasteiger partial charge in [-0.2, -0.15) is 0 Å². The Labute approximate surface area is 127 Å². The van der Waals surface area contributed by atoms with Crippen molar-refractivity contribution in [2.45, 2.75) is 27.2 Å². The van der Waals surface area contributed by atoms with Gasteiger partial charge in [0.1, 0.15) is 0 Å². The second kappa shape index (κ2) is 8.98. The summed E-state index contributed by atoms with van der Waals surface area (Å²) < 4.78 is 0. The largest absolute Gasteiger partial charge is 0.370 e. The number of carbonyl (C=O) groups is 1. The molecule has 20 heavy (non-hydrogen) atoms. The summed E-state index contributed by atoms with van der Waals surface area (Å²) in [5.74, 6) is 0. The minimum absolute atomic E-state index is 0.652. The summed E-state index contributed by atoms with van der Waals surface area (Å²) in [7, 11) is 0. The first kappa shape index (κ1) is 17.0. The number of para-hydroxylation sites is 1. The fourth-order valence-electron chi connectivity index (χ4n) is 2.41. The molecule has 1 aromatic carbocycles. The van der Waals surface area contributed by atoms with Crippen molar-refractivity contribution in [2.75, 3.05) is 37.6 Å². The van der Waals surface area contributed by atoms with Crippen LogP contribution >= 0.6 is 11.6 Å². The summed E-state index contributed by atoms with van der Waals surface area (Å²) in [5, 5.41) is 0.652. The van der Waals surface area contributed by atoms with Crippen LogP contribution in [0.3, 0.4) is 0 Å². The molecule has 1 aromatic rings. The number of rotatable bonds is 9. The van der Waals surface area contributed by atoms with Gasteiger partial charge in [0.25, 0.3) is 0 Å². The Morgan fingerprint density at radius 1 is 1.10 bits per heavy atom. The summed E-state index contributed by atoms with van der Waals surface area (Å²) in [4.78, 5) is 15.8. The summed E-state index contributed by atoms with van der Waals surface area (Å²) in [6.45, 7) is 11.4. The van der Waals surface area contributed by atoms with Crippen molar-refractivity contribution in [1.29, 1.82) is 0 Å². The maximum Gasteiger partial charge on any atom is 0.152 e. The van der Waals surface area contributed by atoms with Gasteiger partial charge >= 0.3 is 0 Å². The molecule has 0 aliphatic rings. The molecule has 0 bridgehead atoms. The Bertz CT molecular complexity index is 419. The fourth-order valence-corrected chi connectivity index (χ4v) is 2.72. The van der Waals surface area contributed by atoms with E-state index in [1.165, 1.54) is 0 Å². The molecule has 4 heteroatoms. The van der Waals surface area contributed by atoms with Gasteiger partial charge in [0.05, 0.1) is 10.7 Å². The second-order valence-corrected chi connectivity index (χ2v) is 5.16. The zero-order valence-electron chi connectivity index (χ0n) is 12.7. The van der Waals surface area contributed by atoms with Gasteiger partial charge < -0.3 is 9.80 Å². The highest BCUT2D eigenvalue weighted by Gasteiger charge is 2.13. The normalized spacial score (nSPS) is 10.8. The number of aldehydes is 1. The van der Waals surface area contributed by atoms with E-state index >= 15 is 0 Å². The third-order valence-electron chi connectivity index (χ3n) is 3.64. The maximum absolute atomic E-state index is 11.2. The highest BCUT2D eigenvalue weighted by atomic mass is 35.5. The molecule has 3 nitrogen and oxygen atoms in total. The van der Waals surface area contributed by atoms with Crippen LogP contribution in [0.4, 0.5) is 5.69 Å². The summed E-state index contributed by atoms with van der Waals surface area (Å²) >= 11 is 6.27. The smallest absolute Gasteiger partial charge is 0.152 e. The van der Waals surface area contributed by atoms with Crippen molar-refractivity contribution < 1.29 is 4.79 Å². The average Bonchev–Trinajstić information content (AvgIpc) is 2.48. The second-order valence-electron chi connectivity index (χ2n) is 4.76. The molecule has 0 atom stereocenters. The van der Waals surface area contributed by atoms with Crippen molar-refractivity contribution >= 4 is 23.6 Å². The van der Waals surface area contributed by atoms with Crippen molar-refractivity contribution in [3.05, 3.63) is 28.8 Å². The number of carbonyl (C=O) groups excluding carboxylic acids is 1. The Balaban J connectivity index is 2.74. The van der Waals surface area contributed by atoms with Gasteiger partial charge in [0.2, 0.25) is 0 Å². The van der Waals surface area contributed by atoms with E-state index < -0.39 is 0 Å². The number of nitrogens with zero attached hydrogens (tertiary/aromatic N) is 2. The van der Waals surface area contributed by atoms with Gasteiger partial charge in [-0.05, 0) is 45.1 Å². The molecule has 0 radical (unpaired) electrons. The Morgan fingerprint density at radius 3 is 2.35 bits per heavy atom. The van der Waals surface area contributed by atoms with Gasteiger partial charge in [-0.25, -0.2) is 0 Å². The van der Waals surface area contributed by atoms with Crippen LogP contribution in [0, 0.1) is 0 Å². The highest BCUT2D eigenvalue weighted by molar-refractivity contribution is 6.33. The molecule has 0 N–H and O–H groups in total. The van der Waals surface area contributed by atoms with Crippen molar-refractivity contribution in [3.63, 3.8) is 0 Å². The Hall–Kier alpha value is -1.06. The number of benzene rings is 1. The van der Waals surface area contributed by atoms with Crippen LogP contribution in [0.5, 0.6) is 0 Å². The summed E-state index contributed by atoms with van der Waals surface area (Å²) in [6.07, 6.45) is 1.95. The minimum atomic E-state index is 0.652. The lowest BCUT2D eigenvalue weighted by Gasteiger charge is -2.27. The van der Waals surface area contributed by atoms with E-state index in [1.807, 2.05) is 18.2 Å². The molecule has 0 aromatic heterocycles. The summed E-state index contributed by atoms with van der Waals surface area (Å²) in [5.41, 5.74) is 1.54. The Kier molecular flexibility index (Phi) is 7.63. The lowest BCUT2D eigenvalue weighted by atomic mass is 10.1. The molecule has 0 unspecified atom stereocenters. The van der Waals surface area contributed by atoms with Crippen LogP contribution in [0.1, 0.15) is 37.6 Å². The van der Waals surface area contributed by atoms with Crippen LogP contribution in [0.2, 0.25) is 5.02 Å². The first-order valence-corrected chi connectivity index (χ1v) is 7.76. The van der Waals surface area contributed by atoms with Crippen molar-refractivity contribution in [1.82, 2.24) is 4.90 Å². The first-order valence-electron chi connectivity index (χ1n) is 7.38. The van der Waals surface area contributed by atoms with Gasteiger partial charge in [-0.1, -0.05) is 31.5 Å². The van der Waals surface area contributed by atoms with Crippen molar-refractivity contribution in [3.8, 4) is 0 Å². The fraction of sp³-hybridized carbons (Fsp3) is 0.562. The van der Waals surface area contributed by atoms with Crippen molar-refractivity contribution in [2.24, 2.45) is 0 Å². The SMILES string of the molecule is CCN(CC)CCCN(CC)c1c(Cl)cccc1C=O. The molecular formula is C16H25ClN2O. The number of hydrogen-bond donors (Lipinski definition) is 0. The molecule has 0 aliphatic heterocycles.